The van der Waals surface area contributed by atoms with Crippen LogP contribution in [0, 0.1) is 5.92 Å². The summed E-state index contributed by atoms with van der Waals surface area (Å²) in [7, 11) is 0. The molecule has 2 unspecified atom stereocenters. The van der Waals surface area contributed by atoms with E-state index >= 15 is 0 Å². The molecule has 3 N–H and O–H groups in total. The average molecular weight is 240 g/mol. The zero-order valence-electron chi connectivity index (χ0n) is 10.5. The SMILES string of the molecule is NC(CC(=O)N1CCCCC1CCO)C1CC1. The number of carbonyl (C=O) groups excluding carboxylic acids is 1. The predicted molar refractivity (Wildman–Crippen MR) is 66.4 cm³/mol. The number of piperidine rings is 1. The Morgan fingerprint density at radius 2 is 2.12 bits per heavy atom. The van der Waals surface area contributed by atoms with Crippen molar-refractivity contribution in [1.29, 1.82) is 0 Å². The number of nitrogens with two attached hydrogens (primary N) is 1. The van der Waals surface area contributed by atoms with Gasteiger partial charge >= 0.3 is 0 Å². The third-order valence-electron chi connectivity index (χ3n) is 4.05. The number of rotatable bonds is 5. The highest BCUT2D eigenvalue weighted by atomic mass is 16.3. The second kappa shape index (κ2) is 5.83. The Kier molecular flexibility index (Phi) is 4.40. The van der Waals surface area contributed by atoms with E-state index in [9.17, 15) is 4.79 Å². The molecule has 0 radical (unpaired) electrons. The molecule has 4 heteroatoms. The quantitative estimate of drug-likeness (QED) is 0.749. The number of nitrogens with zero attached hydrogens (tertiary/aromatic N) is 1. The topological polar surface area (TPSA) is 66.6 Å². The maximum Gasteiger partial charge on any atom is 0.224 e. The molecular formula is C13H24N2O2. The number of amides is 1. The first-order valence-electron chi connectivity index (χ1n) is 6.88. The molecule has 0 aromatic rings. The molecule has 98 valence electrons. The van der Waals surface area contributed by atoms with Crippen molar-refractivity contribution in [2.75, 3.05) is 13.2 Å². The average Bonchev–Trinajstić information content (AvgIpc) is 3.13. The van der Waals surface area contributed by atoms with Crippen LogP contribution in [-0.2, 0) is 4.79 Å². The highest BCUT2D eigenvalue weighted by molar-refractivity contribution is 5.77. The van der Waals surface area contributed by atoms with Crippen molar-refractivity contribution in [3.05, 3.63) is 0 Å². The Morgan fingerprint density at radius 1 is 1.35 bits per heavy atom. The Bertz CT molecular complexity index is 264. The lowest BCUT2D eigenvalue weighted by molar-refractivity contribution is -0.135. The van der Waals surface area contributed by atoms with E-state index in [1.807, 2.05) is 4.90 Å². The maximum absolute atomic E-state index is 12.2. The minimum absolute atomic E-state index is 0.0548. The van der Waals surface area contributed by atoms with Gasteiger partial charge in [0.1, 0.15) is 0 Å². The molecule has 1 saturated heterocycles. The molecule has 17 heavy (non-hydrogen) atoms. The fraction of sp³-hybridized carbons (Fsp3) is 0.923. The number of aliphatic hydroxyl groups excluding tert-OH is 1. The number of carbonyl (C=O) groups is 1. The molecule has 1 heterocycles. The van der Waals surface area contributed by atoms with Crippen molar-refractivity contribution in [3.63, 3.8) is 0 Å². The van der Waals surface area contributed by atoms with Crippen LogP contribution in [0.2, 0.25) is 0 Å². The second-order valence-corrected chi connectivity index (χ2v) is 5.45. The van der Waals surface area contributed by atoms with Gasteiger partial charge in [-0.15, -0.1) is 0 Å². The molecule has 1 saturated carbocycles. The fourth-order valence-corrected chi connectivity index (χ4v) is 2.79. The van der Waals surface area contributed by atoms with Crippen LogP contribution < -0.4 is 5.73 Å². The van der Waals surface area contributed by atoms with Crippen LogP contribution >= 0.6 is 0 Å². The van der Waals surface area contributed by atoms with Crippen molar-refractivity contribution >= 4 is 5.91 Å². The van der Waals surface area contributed by atoms with Crippen LogP contribution in [0.5, 0.6) is 0 Å². The van der Waals surface area contributed by atoms with E-state index in [2.05, 4.69) is 0 Å². The van der Waals surface area contributed by atoms with Crippen LogP contribution in [0.4, 0.5) is 0 Å². The van der Waals surface area contributed by atoms with E-state index < -0.39 is 0 Å². The molecule has 0 aromatic carbocycles. The van der Waals surface area contributed by atoms with Crippen LogP contribution in [0.25, 0.3) is 0 Å². The molecule has 2 rings (SSSR count). The molecule has 0 bridgehead atoms. The smallest absolute Gasteiger partial charge is 0.224 e. The summed E-state index contributed by atoms with van der Waals surface area (Å²) in [6, 6.07) is 0.298. The third-order valence-corrected chi connectivity index (χ3v) is 4.05. The van der Waals surface area contributed by atoms with E-state index in [0.29, 0.717) is 18.8 Å². The lowest BCUT2D eigenvalue weighted by Crippen LogP contribution is -2.46. The van der Waals surface area contributed by atoms with Gasteiger partial charge in [0.05, 0.1) is 0 Å². The van der Waals surface area contributed by atoms with Gasteiger partial charge in [0, 0.05) is 31.7 Å². The summed E-state index contributed by atoms with van der Waals surface area (Å²) < 4.78 is 0. The predicted octanol–water partition coefficient (Wildman–Crippen LogP) is 0.877. The van der Waals surface area contributed by atoms with Gasteiger partial charge in [0.15, 0.2) is 0 Å². The van der Waals surface area contributed by atoms with Crippen molar-refractivity contribution in [1.82, 2.24) is 4.90 Å². The summed E-state index contributed by atoms with van der Waals surface area (Å²) >= 11 is 0. The van der Waals surface area contributed by atoms with Gasteiger partial charge in [-0.25, -0.2) is 0 Å². The van der Waals surface area contributed by atoms with E-state index in [0.717, 1.165) is 19.4 Å². The largest absolute Gasteiger partial charge is 0.396 e. The van der Waals surface area contributed by atoms with Gasteiger partial charge in [0.2, 0.25) is 5.91 Å². The Balaban J connectivity index is 1.85. The maximum atomic E-state index is 12.2. The van der Waals surface area contributed by atoms with Crippen molar-refractivity contribution in [3.8, 4) is 0 Å². The number of hydrogen-bond acceptors (Lipinski definition) is 3. The highest BCUT2D eigenvalue weighted by Gasteiger charge is 2.33. The van der Waals surface area contributed by atoms with Gasteiger partial charge in [-0.2, -0.15) is 0 Å². The van der Waals surface area contributed by atoms with Gasteiger partial charge in [0.25, 0.3) is 0 Å². The van der Waals surface area contributed by atoms with E-state index in [-0.39, 0.29) is 24.6 Å². The molecule has 4 nitrogen and oxygen atoms in total. The van der Waals surface area contributed by atoms with E-state index in [1.165, 1.54) is 19.3 Å². The van der Waals surface area contributed by atoms with E-state index in [4.69, 9.17) is 10.8 Å². The number of aliphatic hydroxyl groups is 1. The molecule has 2 aliphatic rings. The van der Waals surface area contributed by atoms with Gasteiger partial charge in [-0.3, -0.25) is 4.79 Å². The van der Waals surface area contributed by atoms with Gasteiger partial charge < -0.3 is 15.7 Å². The summed E-state index contributed by atoms with van der Waals surface area (Å²) in [4.78, 5) is 14.2. The van der Waals surface area contributed by atoms with Crippen LogP contribution in [0.1, 0.15) is 44.9 Å². The lowest BCUT2D eigenvalue weighted by atomic mass is 9.98. The number of hydrogen-bond donors (Lipinski definition) is 2. The fourth-order valence-electron chi connectivity index (χ4n) is 2.79. The van der Waals surface area contributed by atoms with Crippen molar-refractivity contribution < 1.29 is 9.90 Å². The van der Waals surface area contributed by atoms with Gasteiger partial charge in [-0.05, 0) is 44.4 Å². The molecular weight excluding hydrogens is 216 g/mol. The summed E-state index contributed by atoms with van der Waals surface area (Å²) in [5.41, 5.74) is 6.01. The molecule has 2 atom stereocenters. The van der Waals surface area contributed by atoms with Crippen LogP contribution in [-0.4, -0.2) is 41.1 Å². The standard InChI is InChI=1S/C13H24N2O2/c14-12(10-4-5-10)9-13(17)15-7-2-1-3-11(15)6-8-16/h10-12,16H,1-9,14H2. The zero-order chi connectivity index (χ0) is 12.3. The van der Waals surface area contributed by atoms with Crippen LogP contribution in [0.3, 0.4) is 0 Å². The zero-order valence-corrected chi connectivity index (χ0v) is 10.5. The minimum Gasteiger partial charge on any atom is -0.396 e. The lowest BCUT2D eigenvalue weighted by Gasteiger charge is -2.36. The van der Waals surface area contributed by atoms with Gasteiger partial charge in [-0.1, -0.05) is 0 Å². The third kappa shape index (κ3) is 3.42. The Hall–Kier alpha value is -0.610. The monoisotopic (exact) mass is 240 g/mol. The van der Waals surface area contributed by atoms with Crippen molar-refractivity contribution in [2.24, 2.45) is 11.7 Å². The normalized spacial score (nSPS) is 26.9. The molecule has 0 aromatic heterocycles. The molecule has 1 amide bonds. The summed E-state index contributed by atoms with van der Waals surface area (Å²) in [5.74, 6) is 0.780. The van der Waals surface area contributed by atoms with Crippen LogP contribution in [0.15, 0.2) is 0 Å². The Morgan fingerprint density at radius 3 is 2.76 bits per heavy atom. The van der Waals surface area contributed by atoms with Crippen molar-refractivity contribution in [2.45, 2.75) is 57.0 Å². The molecule has 1 aliphatic carbocycles. The first-order valence-corrected chi connectivity index (χ1v) is 6.88. The highest BCUT2D eigenvalue weighted by Crippen LogP contribution is 2.33. The molecule has 2 fully saturated rings. The Labute approximate surface area is 103 Å². The molecule has 1 aliphatic heterocycles. The molecule has 0 spiro atoms. The first kappa shape index (κ1) is 12.8. The van der Waals surface area contributed by atoms with E-state index in [1.54, 1.807) is 0 Å². The number of likely N-dealkylation sites (tertiary alicyclic amines) is 1. The summed E-state index contributed by atoms with van der Waals surface area (Å²) in [5, 5.41) is 9.04. The first-order chi connectivity index (χ1) is 8.22. The second-order valence-electron chi connectivity index (χ2n) is 5.45. The summed E-state index contributed by atoms with van der Waals surface area (Å²) in [6.45, 7) is 1.02. The summed E-state index contributed by atoms with van der Waals surface area (Å²) in [6.07, 6.45) is 6.88. The minimum atomic E-state index is 0.0548.